The van der Waals surface area contributed by atoms with Gasteiger partial charge >= 0.3 is 0 Å². The lowest BCUT2D eigenvalue weighted by Crippen LogP contribution is -2.14. The van der Waals surface area contributed by atoms with Crippen LogP contribution in [0.25, 0.3) is 0 Å². The Morgan fingerprint density at radius 2 is 1.47 bits per heavy atom. The van der Waals surface area contributed by atoms with Crippen molar-refractivity contribution in [3.8, 4) is 0 Å². The highest BCUT2D eigenvalue weighted by molar-refractivity contribution is 6.08. The summed E-state index contributed by atoms with van der Waals surface area (Å²) in [4.78, 5) is 0. The molecule has 0 heterocycles. The van der Waals surface area contributed by atoms with Gasteiger partial charge in [-0.1, -0.05) is 68.5 Å². The zero-order valence-corrected chi connectivity index (χ0v) is 13.3. The van der Waals surface area contributed by atoms with Gasteiger partial charge in [-0.3, -0.25) is 0 Å². The summed E-state index contributed by atoms with van der Waals surface area (Å²) in [5.74, 6) is 0. The van der Waals surface area contributed by atoms with Gasteiger partial charge in [0.15, 0.2) is 0 Å². The Morgan fingerprint density at radius 1 is 0.824 bits per heavy atom. The molecule has 0 aliphatic rings. The summed E-state index contributed by atoms with van der Waals surface area (Å²) in [6.07, 6.45) is 8.52. The fraction of sp³-hybridized carbons (Fsp3) is 0.600. The van der Waals surface area contributed by atoms with Crippen LogP contribution < -0.4 is 5.32 Å². The second kappa shape index (κ2) is 10.5. The van der Waals surface area contributed by atoms with Gasteiger partial charge in [-0.25, -0.2) is 0 Å². The van der Waals surface area contributed by atoms with E-state index < -0.39 is 0 Å². The summed E-state index contributed by atoms with van der Waals surface area (Å²) in [7, 11) is 1.39. The van der Waals surface area contributed by atoms with Crippen LogP contribution in [0.15, 0.2) is 30.3 Å². The average Bonchev–Trinajstić information content (AvgIpc) is 2.38. The second-order valence-electron chi connectivity index (χ2n) is 4.78. The van der Waals surface area contributed by atoms with Crippen molar-refractivity contribution in [1.29, 1.82) is 0 Å². The fourth-order valence-electron chi connectivity index (χ4n) is 2.04. The number of nitrogens with one attached hydrogen (secondary N) is 1. The molecule has 0 spiro atoms. The van der Waals surface area contributed by atoms with Gasteiger partial charge in [0.2, 0.25) is 0 Å². The molecule has 1 nitrogen and oxygen atoms in total. The Bertz CT molecular complexity index is 261. The molecule has 1 N–H and O–H groups in total. The monoisotopic (exact) mass is 249 g/mol. The highest BCUT2D eigenvalue weighted by Gasteiger charge is 1.92. The van der Waals surface area contributed by atoms with Crippen LogP contribution in [0, 0.1) is 0 Å². The van der Waals surface area contributed by atoms with Crippen molar-refractivity contribution in [3.63, 3.8) is 0 Å². The molecule has 17 heavy (non-hydrogen) atoms. The molecule has 0 fully saturated rings. The van der Waals surface area contributed by atoms with Gasteiger partial charge in [-0.15, -0.1) is 0 Å². The first kappa shape index (κ1) is 14.5. The molecule has 1 aromatic carbocycles. The SMILES string of the molecule is [SiH3]CCCCCCCCNCc1ccccc1. The van der Waals surface area contributed by atoms with E-state index in [0.717, 1.165) is 13.1 Å². The van der Waals surface area contributed by atoms with Crippen LogP contribution in [-0.4, -0.2) is 16.8 Å². The van der Waals surface area contributed by atoms with Crippen molar-refractivity contribution in [2.75, 3.05) is 6.54 Å². The van der Waals surface area contributed by atoms with Crippen LogP contribution in [-0.2, 0) is 6.54 Å². The van der Waals surface area contributed by atoms with Gasteiger partial charge in [0.25, 0.3) is 0 Å². The molecule has 1 rings (SSSR count). The van der Waals surface area contributed by atoms with Crippen LogP contribution in [0.2, 0.25) is 6.04 Å². The summed E-state index contributed by atoms with van der Waals surface area (Å²) < 4.78 is 0. The maximum atomic E-state index is 3.51. The van der Waals surface area contributed by atoms with E-state index in [4.69, 9.17) is 0 Å². The van der Waals surface area contributed by atoms with Crippen molar-refractivity contribution >= 4 is 10.2 Å². The molecular formula is C15H27NSi. The van der Waals surface area contributed by atoms with Gasteiger partial charge in [-0.2, -0.15) is 0 Å². The van der Waals surface area contributed by atoms with Gasteiger partial charge in [0.1, 0.15) is 0 Å². The summed E-state index contributed by atoms with van der Waals surface area (Å²) in [5.41, 5.74) is 1.39. The van der Waals surface area contributed by atoms with E-state index in [-0.39, 0.29) is 0 Å². The van der Waals surface area contributed by atoms with E-state index >= 15 is 0 Å². The number of unbranched alkanes of at least 4 members (excludes halogenated alkanes) is 5. The minimum Gasteiger partial charge on any atom is -0.313 e. The van der Waals surface area contributed by atoms with E-state index in [1.54, 1.807) is 0 Å². The first-order chi connectivity index (χ1) is 8.43. The van der Waals surface area contributed by atoms with Crippen molar-refractivity contribution in [2.24, 2.45) is 0 Å². The molecule has 0 aliphatic carbocycles. The lowest BCUT2D eigenvalue weighted by Gasteiger charge is -2.04. The Morgan fingerprint density at radius 3 is 2.18 bits per heavy atom. The van der Waals surface area contributed by atoms with E-state index in [9.17, 15) is 0 Å². The molecule has 0 atom stereocenters. The van der Waals surface area contributed by atoms with Gasteiger partial charge < -0.3 is 5.32 Å². The van der Waals surface area contributed by atoms with Gasteiger partial charge in [0, 0.05) is 16.8 Å². The number of hydrogen-bond acceptors (Lipinski definition) is 1. The van der Waals surface area contributed by atoms with Crippen molar-refractivity contribution in [2.45, 2.75) is 51.1 Å². The van der Waals surface area contributed by atoms with Crippen LogP contribution in [0.3, 0.4) is 0 Å². The Hall–Kier alpha value is -0.603. The molecular weight excluding hydrogens is 222 g/mol. The molecule has 0 saturated heterocycles. The largest absolute Gasteiger partial charge is 0.313 e. The van der Waals surface area contributed by atoms with Crippen LogP contribution in [0.4, 0.5) is 0 Å². The first-order valence-corrected chi connectivity index (χ1v) is 8.59. The normalized spacial score (nSPS) is 10.8. The summed E-state index contributed by atoms with van der Waals surface area (Å²) in [6, 6.07) is 12.1. The topological polar surface area (TPSA) is 12.0 Å². The highest BCUT2D eigenvalue weighted by Crippen LogP contribution is 2.06. The van der Waals surface area contributed by atoms with Crippen molar-refractivity contribution < 1.29 is 0 Å². The number of benzene rings is 1. The Balaban J connectivity index is 1.85. The fourth-order valence-corrected chi connectivity index (χ4v) is 2.54. The predicted molar refractivity (Wildman–Crippen MR) is 80.6 cm³/mol. The van der Waals surface area contributed by atoms with Crippen molar-refractivity contribution in [3.05, 3.63) is 35.9 Å². The van der Waals surface area contributed by atoms with E-state index in [1.807, 2.05) is 0 Å². The van der Waals surface area contributed by atoms with Crippen molar-refractivity contribution in [1.82, 2.24) is 5.32 Å². The second-order valence-corrected chi connectivity index (χ2v) is 5.78. The van der Waals surface area contributed by atoms with Gasteiger partial charge in [-0.05, 0) is 18.5 Å². The molecule has 0 amide bonds. The van der Waals surface area contributed by atoms with E-state index in [0.29, 0.717) is 0 Å². The maximum absolute atomic E-state index is 3.51. The zero-order valence-electron chi connectivity index (χ0n) is 11.3. The van der Waals surface area contributed by atoms with Crippen LogP contribution >= 0.6 is 0 Å². The minimum atomic E-state index is 1.02. The molecule has 0 radical (unpaired) electrons. The molecule has 0 unspecified atom stereocenters. The van der Waals surface area contributed by atoms with Crippen LogP contribution in [0.1, 0.15) is 44.1 Å². The Kier molecular flexibility index (Phi) is 8.97. The third kappa shape index (κ3) is 8.16. The zero-order chi connectivity index (χ0) is 12.2. The highest BCUT2D eigenvalue weighted by atomic mass is 28.1. The van der Waals surface area contributed by atoms with E-state index in [1.165, 1.54) is 60.4 Å². The minimum absolute atomic E-state index is 1.02. The molecule has 2 heteroatoms. The summed E-state index contributed by atoms with van der Waals surface area (Å²) >= 11 is 0. The average molecular weight is 249 g/mol. The third-order valence-electron chi connectivity index (χ3n) is 3.13. The summed E-state index contributed by atoms with van der Waals surface area (Å²) in [5, 5.41) is 3.51. The molecule has 1 aromatic rings. The third-order valence-corrected chi connectivity index (χ3v) is 3.84. The molecule has 0 aliphatic heterocycles. The quantitative estimate of drug-likeness (QED) is 0.497. The van der Waals surface area contributed by atoms with Gasteiger partial charge in [0.05, 0.1) is 0 Å². The van der Waals surface area contributed by atoms with E-state index in [2.05, 4.69) is 35.6 Å². The predicted octanol–water partition coefficient (Wildman–Crippen LogP) is 2.90. The number of hydrogen-bond donors (Lipinski definition) is 1. The lowest BCUT2D eigenvalue weighted by molar-refractivity contribution is 0.572. The maximum Gasteiger partial charge on any atom is 0.0205 e. The lowest BCUT2D eigenvalue weighted by atomic mass is 10.1. The summed E-state index contributed by atoms with van der Waals surface area (Å²) in [6.45, 7) is 2.18. The standard InChI is InChI=1S/C15H27NSi/c17-13-9-4-2-1-3-8-12-16-14-15-10-6-5-7-11-15/h5-7,10-11,16H,1-4,8-9,12-14H2,17H3. The first-order valence-electron chi connectivity index (χ1n) is 7.18. The smallest absolute Gasteiger partial charge is 0.0205 e. The van der Waals surface area contributed by atoms with Crippen LogP contribution in [0.5, 0.6) is 0 Å². The molecule has 0 aromatic heterocycles. The molecule has 0 bridgehead atoms. The molecule has 0 saturated carbocycles. The molecule has 96 valence electrons. The number of rotatable bonds is 10. The Labute approximate surface area is 109 Å².